The Morgan fingerprint density at radius 2 is 1.55 bits per heavy atom. The zero-order valence-electron chi connectivity index (χ0n) is 15.0. The van der Waals surface area contributed by atoms with Gasteiger partial charge in [0, 0.05) is 17.8 Å². The van der Waals surface area contributed by atoms with Crippen molar-refractivity contribution in [2.75, 3.05) is 4.72 Å². The molecule has 9 heteroatoms. The third-order valence-electron chi connectivity index (χ3n) is 3.94. The van der Waals surface area contributed by atoms with Crippen molar-refractivity contribution in [2.45, 2.75) is 11.5 Å². The maximum Gasteiger partial charge on any atom is 0.338 e. The van der Waals surface area contributed by atoms with Crippen LogP contribution in [0.15, 0.2) is 83.8 Å². The Morgan fingerprint density at radius 3 is 2.14 bits per heavy atom. The van der Waals surface area contributed by atoms with Crippen LogP contribution in [0.1, 0.15) is 15.9 Å². The fourth-order valence-electron chi connectivity index (χ4n) is 2.44. The van der Waals surface area contributed by atoms with E-state index in [1.165, 1.54) is 48.5 Å². The lowest BCUT2D eigenvalue weighted by Crippen LogP contribution is -2.13. The minimum atomic E-state index is -3.78. The Kier molecular flexibility index (Phi) is 5.89. The average Bonchev–Trinajstić information content (AvgIpc) is 2.73. The monoisotopic (exact) mass is 412 g/mol. The van der Waals surface area contributed by atoms with Crippen molar-refractivity contribution in [1.82, 2.24) is 0 Å². The quantitative estimate of drug-likeness (QED) is 0.359. The van der Waals surface area contributed by atoms with E-state index in [0.717, 1.165) is 0 Å². The highest BCUT2D eigenvalue weighted by Gasteiger charge is 2.16. The largest absolute Gasteiger partial charge is 0.457 e. The summed E-state index contributed by atoms with van der Waals surface area (Å²) < 4.78 is 32.4. The molecule has 0 bridgehead atoms. The fourth-order valence-corrected chi connectivity index (χ4v) is 3.50. The first kappa shape index (κ1) is 20.0. The Hall–Kier alpha value is -3.72. The summed E-state index contributed by atoms with van der Waals surface area (Å²) in [6.45, 7) is -0.0631. The van der Waals surface area contributed by atoms with E-state index in [2.05, 4.69) is 4.72 Å². The molecule has 0 saturated heterocycles. The summed E-state index contributed by atoms with van der Waals surface area (Å²) in [5.41, 5.74) is 1.15. The number of para-hydroxylation sites is 1. The maximum atomic E-state index is 12.4. The van der Waals surface area contributed by atoms with E-state index in [0.29, 0.717) is 11.3 Å². The summed E-state index contributed by atoms with van der Waals surface area (Å²) in [5, 5.41) is 10.6. The predicted molar refractivity (Wildman–Crippen MR) is 106 cm³/mol. The number of non-ortho nitro benzene ring substituents is 1. The fraction of sp³-hybridized carbons (Fsp3) is 0.0500. The van der Waals surface area contributed by atoms with Crippen LogP contribution in [-0.2, 0) is 21.4 Å². The van der Waals surface area contributed by atoms with Crippen molar-refractivity contribution in [3.8, 4) is 0 Å². The number of anilines is 1. The van der Waals surface area contributed by atoms with E-state index < -0.39 is 20.9 Å². The van der Waals surface area contributed by atoms with Gasteiger partial charge in [-0.05, 0) is 54.1 Å². The Labute approximate surface area is 167 Å². The van der Waals surface area contributed by atoms with Crippen molar-refractivity contribution >= 4 is 27.4 Å². The molecule has 0 saturated carbocycles. The van der Waals surface area contributed by atoms with Crippen molar-refractivity contribution in [3.05, 3.63) is 100 Å². The molecule has 0 amide bonds. The zero-order chi connectivity index (χ0) is 20.9. The highest BCUT2D eigenvalue weighted by atomic mass is 32.2. The van der Waals surface area contributed by atoms with E-state index in [1.54, 1.807) is 30.3 Å². The molecule has 8 nitrogen and oxygen atoms in total. The third-order valence-corrected chi connectivity index (χ3v) is 5.34. The third kappa shape index (κ3) is 5.17. The molecule has 0 aliphatic carbocycles. The second-order valence-electron chi connectivity index (χ2n) is 6.00. The molecule has 148 valence electrons. The van der Waals surface area contributed by atoms with E-state index in [1.807, 2.05) is 0 Å². The first-order chi connectivity index (χ1) is 13.8. The molecular weight excluding hydrogens is 396 g/mol. The summed E-state index contributed by atoms with van der Waals surface area (Å²) in [6.07, 6.45) is 0. The number of nitrogens with zero attached hydrogens (tertiary/aromatic N) is 1. The van der Waals surface area contributed by atoms with Crippen LogP contribution in [0.25, 0.3) is 0 Å². The lowest BCUT2D eigenvalue weighted by molar-refractivity contribution is -0.384. The zero-order valence-corrected chi connectivity index (χ0v) is 15.8. The topological polar surface area (TPSA) is 116 Å². The minimum absolute atomic E-state index is 0.00766. The van der Waals surface area contributed by atoms with Crippen LogP contribution < -0.4 is 4.72 Å². The number of esters is 1. The molecule has 0 unspecified atom stereocenters. The summed E-state index contributed by atoms with van der Waals surface area (Å²) in [5.74, 6) is -0.636. The lowest BCUT2D eigenvalue weighted by atomic mass is 10.2. The van der Waals surface area contributed by atoms with Crippen molar-refractivity contribution in [3.63, 3.8) is 0 Å². The number of hydrogen-bond acceptors (Lipinski definition) is 6. The van der Waals surface area contributed by atoms with Gasteiger partial charge in [0.2, 0.25) is 0 Å². The van der Waals surface area contributed by atoms with Gasteiger partial charge in [-0.3, -0.25) is 14.8 Å². The van der Waals surface area contributed by atoms with Gasteiger partial charge in [0.15, 0.2) is 0 Å². The lowest BCUT2D eigenvalue weighted by Gasteiger charge is -2.09. The number of nitrogens with one attached hydrogen (secondary N) is 1. The SMILES string of the molecule is O=C(OCc1ccc([N+](=O)[O-])cc1)c1ccc(S(=O)(=O)Nc2ccccc2)cc1. The Morgan fingerprint density at radius 1 is 0.931 bits per heavy atom. The molecule has 0 atom stereocenters. The number of benzene rings is 3. The molecule has 0 heterocycles. The molecule has 0 aliphatic rings. The summed E-state index contributed by atoms with van der Waals surface area (Å²) in [4.78, 5) is 22.3. The van der Waals surface area contributed by atoms with Crippen LogP contribution in [0.5, 0.6) is 0 Å². The molecular formula is C20H16N2O6S. The molecule has 0 aromatic heterocycles. The molecule has 3 rings (SSSR count). The molecule has 0 radical (unpaired) electrons. The van der Waals surface area contributed by atoms with Gasteiger partial charge in [0.25, 0.3) is 15.7 Å². The molecule has 0 fully saturated rings. The van der Waals surface area contributed by atoms with Gasteiger partial charge in [-0.2, -0.15) is 0 Å². The van der Waals surface area contributed by atoms with Crippen LogP contribution in [-0.4, -0.2) is 19.3 Å². The summed E-state index contributed by atoms with van der Waals surface area (Å²) in [7, 11) is -3.78. The molecule has 1 N–H and O–H groups in total. The van der Waals surface area contributed by atoms with Crippen molar-refractivity contribution in [1.29, 1.82) is 0 Å². The number of nitro groups is 1. The number of hydrogen-bond donors (Lipinski definition) is 1. The van der Waals surface area contributed by atoms with E-state index in [-0.39, 0.29) is 22.8 Å². The van der Waals surface area contributed by atoms with Gasteiger partial charge in [-0.1, -0.05) is 18.2 Å². The van der Waals surface area contributed by atoms with Crippen LogP contribution in [0.2, 0.25) is 0 Å². The number of rotatable bonds is 7. The average molecular weight is 412 g/mol. The highest BCUT2D eigenvalue weighted by Crippen LogP contribution is 2.17. The minimum Gasteiger partial charge on any atom is -0.457 e. The van der Waals surface area contributed by atoms with Gasteiger partial charge < -0.3 is 4.74 Å². The predicted octanol–water partition coefficient (Wildman–Crippen LogP) is 3.75. The number of carbonyl (C=O) groups is 1. The number of ether oxygens (including phenoxy) is 1. The van der Waals surface area contributed by atoms with Gasteiger partial charge in [0.1, 0.15) is 6.61 Å². The number of carbonyl (C=O) groups excluding carboxylic acids is 1. The Bertz CT molecular complexity index is 1110. The van der Waals surface area contributed by atoms with Gasteiger partial charge >= 0.3 is 5.97 Å². The first-order valence-corrected chi connectivity index (χ1v) is 9.92. The van der Waals surface area contributed by atoms with Gasteiger partial charge in [-0.15, -0.1) is 0 Å². The highest BCUT2D eigenvalue weighted by molar-refractivity contribution is 7.92. The molecule has 0 spiro atoms. The van der Waals surface area contributed by atoms with Crippen LogP contribution >= 0.6 is 0 Å². The summed E-state index contributed by atoms with van der Waals surface area (Å²) >= 11 is 0. The standard InChI is InChI=1S/C20H16N2O6S/c23-20(28-14-15-6-10-18(11-7-15)22(24)25)16-8-12-19(13-9-16)29(26,27)21-17-4-2-1-3-5-17/h1-13,21H,14H2. The molecule has 3 aromatic rings. The van der Waals surface area contributed by atoms with Crippen molar-refractivity contribution < 1.29 is 22.9 Å². The van der Waals surface area contributed by atoms with Crippen LogP contribution in [0.4, 0.5) is 11.4 Å². The molecule has 3 aromatic carbocycles. The molecule has 0 aliphatic heterocycles. The van der Waals surface area contributed by atoms with Crippen LogP contribution in [0.3, 0.4) is 0 Å². The van der Waals surface area contributed by atoms with E-state index in [9.17, 15) is 23.3 Å². The Balaban J connectivity index is 1.63. The normalized spacial score (nSPS) is 10.9. The van der Waals surface area contributed by atoms with Crippen LogP contribution in [0, 0.1) is 10.1 Å². The number of sulfonamides is 1. The maximum absolute atomic E-state index is 12.4. The van der Waals surface area contributed by atoms with E-state index >= 15 is 0 Å². The first-order valence-electron chi connectivity index (χ1n) is 8.43. The summed E-state index contributed by atoms with van der Waals surface area (Å²) in [6, 6.07) is 19.4. The number of nitro benzene ring substituents is 1. The second kappa shape index (κ2) is 8.53. The van der Waals surface area contributed by atoms with Gasteiger partial charge in [-0.25, -0.2) is 13.2 Å². The molecule has 29 heavy (non-hydrogen) atoms. The smallest absolute Gasteiger partial charge is 0.338 e. The van der Waals surface area contributed by atoms with Gasteiger partial charge in [0.05, 0.1) is 15.4 Å². The van der Waals surface area contributed by atoms with Crippen molar-refractivity contribution in [2.24, 2.45) is 0 Å². The second-order valence-corrected chi connectivity index (χ2v) is 7.68. The van der Waals surface area contributed by atoms with E-state index in [4.69, 9.17) is 4.74 Å².